The van der Waals surface area contributed by atoms with Crippen molar-refractivity contribution < 1.29 is 0 Å². The first-order valence-electron chi connectivity index (χ1n) is 5.82. The third kappa shape index (κ3) is 1.78. The molecule has 0 fully saturated rings. The van der Waals surface area contributed by atoms with Crippen molar-refractivity contribution in [1.82, 2.24) is 0 Å². The number of benzene rings is 1. The molecule has 6 heteroatoms. The third-order valence-electron chi connectivity index (χ3n) is 3.35. The summed E-state index contributed by atoms with van der Waals surface area (Å²) in [5.41, 5.74) is 0. The molecule has 1 aromatic carbocycles. The summed E-state index contributed by atoms with van der Waals surface area (Å²) in [4.78, 5) is 0. The van der Waals surface area contributed by atoms with Gasteiger partial charge in [0.2, 0.25) is 0 Å². The van der Waals surface area contributed by atoms with E-state index < -0.39 is 0 Å². The van der Waals surface area contributed by atoms with E-state index >= 15 is 0 Å². The fraction of sp³-hybridized carbons (Fsp3) is 0. The Bertz CT molecular complexity index is 1030. The molecule has 0 spiro atoms. The Balaban J connectivity index is 2.00. The molecule has 0 nitrogen and oxygen atoms in total. The monoisotopic (exact) mass is 554 g/mol. The highest BCUT2D eigenvalue weighted by Crippen LogP contribution is 2.46. The van der Waals surface area contributed by atoms with Crippen LogP contribution in [0.3, 0.4) is 0 Å². The molecule has 98 valence electrons. The molecule has 0 saturated carbocycles. The molecule has 0 amide bonds. The van der Waals surface area contributed by atoms with Crippen LogP contribution in [0.25, 0.3) is 39.0 Å². The van der Waals surface area contributed by atoms with Gasteiger partial charge in [-0.15, -0.1) is 45.3 Å². The summed E-state index contributed by atoms with van der Waals surface area (Å²) in [5.74, 6) is 0. The van der Waals surface area contributed by atoms with Gasteiger partial charge in [-0.2, -0.15) is 0 Å². The van der Waals surface area contributed by atoms with Gasteiger partial charge < -0.3 is 0 Å². The SMILES string of the molecule is Ic1cc2sc3cc4c(cc3c2s1)sc1cc(I)sc14. The van der Waals surface area contributed by atoms with Gasteiger partial charge in [-0.1, -0.05) is 0 Å². The van der Waals surface area contributed by atoms with Crippen molar-refractivity contribution in [2.75, 3.05) is 0 Å². The van der Waals surface area contributed by atoms with Crippen LogP contribution in [0, 0.1) is 5.77 Å². The number of fused-ring (bicyclic) bond motifs is 6. The maximum atomic E-state index is 2.42. The molecule has 0 atom stereocenters. The fourth-order valence-corrected chi connectivity index (χ4v) is 9.43. The molecule has 0 aliphatic carbocycles. The van der Waals surface area contributed by atoms with E-state index in [1.165, 1.54) is 44.7 Å². The van der Waals surface area contributed by atoms with Crippen molar-refractivity contribution in [3.63, 3.8) is 0 Å². The molecular weight excluding hydrogens is 550 g/mol. The Labute approximate surface area is 157 Å². The van der Waals surface area contributed by atoms with Crippen molar-refractivity contribution in [3.05, 3.63) is 30.0 Å². The lowest BCUT2D eigenvalue weighted by Crippen LogP contribution is -1.64. The maximum absolute atomic E-state index is 2.42. The van der Waals surface area contributed by atoms with Gasteiger partial charge in [0.25, 0.3) is 0 Å². The first-order chi connectivity index (χ1) is 9.69. The van der Waals surface area contributed by atoms with Crippen LogP contribution >= 0.6 is 90.5 Å². The van der Waals surface area contributed by atoms with Crippen molar-refractivity contribution >= 4 is 130 Å². The summed E-state index contributed by atoms with van der Waals surface area (Å²) >= 11 is 12.5. The minimum absolute atomic E-state index is 1.38. The molecule has 0 aliphatic rings. The zero-order chi connectivity index (χ0) is 13.4. The molecule has 5 rings (SSSR count). The van der Waals surface area contributed by atoms with Gasteiger partial charge in [-0.25, -0.2) is 0 Å². The lowest BCUT2D eigenvalue weighted by Gasteiger charge is -1.92. The van der Waals surface area contributed by atoms with Gasteiger partial charge in [0.1, 0.15) is 0 Å². The maximum Gasteiger partial charge on any atom is 0.0674 e. The van der Waals surface area contributed by atoms with Gasteiger partial charge in [-0.05, 0) is 69.4 Å². The van der Waals surface area contributed by atoms with Crippen molar-refractivity contribution in [3.8, 4) is 0 Å². The molecule has 0 unspecified atom stereocenters. The van der Waals surface area contributed by atoms with Crippen LogP contribution in [0.5, 0.6) is 0 Å². The molecule has 4 heterocycles. The van der Waals surface area contributed by atoms with E-state index in [1.807, 2.05) is 45.3 Å². The highest BCUT2D eigenvalue weighted by Gasteiger charge is 2.14. The molecular formula is C14H4I2S4. The second-order valence-corrected chi connectivity index (χ2v) is 12.6. The Morgan fingerprint density at radius 3 is 1.45 bits per heavy atom. The van der Waals surface area contributed by atoms with Crippen LogP contribution in [0.15, 0.2) is 24.3 Å². The van der Waals surface area contributed by atoms with Crippen LogP contribution in [-0.2, 0) is 0 Å². The van der Waals surface area contributed by atoms with Crippen LogP contribution in [0.4, 0.5) is 0 Å². The van der Waals surface area contributed by atoms with Crippen LogP contribution in [0.2, 0.25) is 0 Å². The van der Waals surface area contributed by atoms with Gasteiger partial charge >= 0.3 is 0 Å². The smallest absolute Gasteiger partial charge is 0.0674 e. The zero-order valence-electron chi connectivity index (χ0n) is 9.70. The Morgan fingerprint density at radius 2 is 1.00 bits per heavy atom. The van der Waals surface area contributed by atoms with E-state index in [4.69, 9.17) is 0 Å². The molecule has 0 bridgehead atoms. The second-order valence-electron chi connectivity index (χ2n) is 4.54. The van der Waals surface area contributed by atoms with Crippen molar-refractivity contribution in [2.24, 2.45) is 0 Å². The van der Waals surface area contributed by atoms with Crippen LogP contribution in [-0.4, -0.2) is 0 Å². The number of halogens is 2. The van der Waals surface area contributed by atoms with Crippen molar-refractivity contribution in [2.45, 2.75) is 0 Å². The number of hydrogen-bond donors (Lipinski definition) is 0. The average molecular weight is 554 g/mol. The summed E-state index contributed by atoms with van der Waals surface area (Å²) < 4.78 is 11.4. The number of thiophene rings is 4. The molecule has 5 aromatic rings. The largest absolute Gasteiger partial charge is 0.134 e. The van der Waals surface area contributed by atoms with Gasteiger partial charge in [0, 0.05) is 29.6 Å². The second kappa shape index (κ2) is 4.51. The molecule has 4 aromatic heterocycles. The van der Waals surface area contributed by atoms with E-state index in [0.717, 1.165) is 0 Å². The molecule has 0 N–H and O–H groups in total. The van der Waals surface area contributed by atoms with E-state index in [-0.39, 0.29) is 0 Å². The first-order valence-corrected chi connectivity index (χ1v) is 11.2. The fourth-order valence-electron chi connectivity index (χ4n) is 2.54. The summed E-state index contributed by atoms with van der Waals surface area (Å²) in [6.45, 7) is 0. The summed E-state index contributed by atoms with van der Waals surface area (Å²) in [7, 11) is 0. The zero-order valence-corrected chi connectivity index (χ0v) is 17.3. The minimum Gasteiger partial charge on any atom is -0.134 e. The Morgan fingerprint density at radius 1 is 0.550 bits per heavy atom. The lowest BCUT2D eigenvalue weighted by molar-refractivity contribution is 2.12. The summed E-state index contributed by atoms with van der Waals surface area (Å²) in [5, 5.41) is 2.88. The predicted octanol–water partition coefficient (Wildman–Crippen LogP) is 7.75. The van der Waals surface area contributed by atoms with Crippen LogP contribution in [0.1, 0.15) is 0 Å². The van der Waals surface area contributed by atoms with E-state index in [0.29, 0.717) is 0 Å². The topological polar surface area (TPSA) is 0 Å². The number of hydrogen-bond acceptors (Lipinski definition) is 4. The molecule has 0 aliphatic heterocycles. The third-order valence-corrected chi connectivity index (χ3v) is 9.66. The van der Waals surface area contributed by atoms with E-state index in [1.54, 1.807) is 0 Å². The van der Waals surface area contributed by atoms with E-state index in [2.05, 4.69) is 69.4 Å². The summed E-state index contributed by atoms with van der Waals surface area (Å²) in [6, 6.07) is 9.42. The van der Waals surface area contributed by atoms with Gasteiger partial charge in [-0.3, -0.25) is 0 Å². The standard InChI is InChI=1S/C14H4I2S4/c15-11-3-9-13(19-11)5-1-7-6(2-8(5)18-9)14-10(17-7)4-12(16)20-14/h1-4H. The molecule has 0 saturated heterocycles. The van der Waals surface area contributed by atoms with Gasteiger partial charge in [0.15, 0.2) is 0 Å². The quantitative estimate of drug-likeness (QED) is 0.172. The highest BCUT2D eigenvalue weighted by atomic mass is 127. The predicted molar refractivity (Wildman–Crippen MR) is 113 cm³/mol. The van der Waals surface area contributed by atoms with Crippen LogP contribution < -0.4 is 0 Å². The number of rotatable bonds is 0. The van der Waals surface area contributed by atoms with Gasteiger partial charge in [0.05, 0.1) is 15.2 Å². The molecule has 0 radical (unpaired) electrons. The minimum atomic E-state index is 1.38. The normalized spacial score (nSPS) is 12.5. The van der Waals surface area contributed by atoms with Crippen molar-refractivity contribution in [1.29, 1.82) is 0 Å². The lowest BCUT2D eigenvalue weighted by atomic mass is 10.2. The molecule has 20 heavy (non-hydrogen) atoms. The average Bonchev–Trinajstić information content (AvgIpc) is 3.06. The highest BCUT2D eigenvalue weighted by molar-refractivity contribution is 14.1. The first kappa shape index (κ1) is 13.0. The van der Waals surface area contributed by atoms with E-state index in [9.17, 15) is 0 Å². The Hall–Kier alpha value is 0.520. The summed E-state index contributed by atoms with van der Waals surface area (Å²) in [6.07, 6.45) is 0. The Kier molecular flexibility index (Phi) is 2.93.